The van der Waals surface area contributed by atoms with Gasteiger partial charge >= 0.3 is 0 Å². The van der Waals surface area contributed by atoms with E-state index in [-0.39, 0.29) is 36.7 Å². The number of thiazole rings is 1. The Hall–Kier alpha value is -3.32. The fourth-order valence-corrected chi connectivity index (χ4v) is 8.37. The number of carbonyl (C=O) groups is 2. The van der Waals surface area contributed by atoms with Gasteiger partial charge in [0.05, 0.1) is 28.2 Å². The highest BCUT2D eigenvalue weighted by molar-refractivity contribution is 7.13. The predicted octanol–water partition coefficient (Wildman–Crippen LogP) is 4.20. The lowest BCUT2D eigenvalue weighted by Crippen LogP contribution is -2.51. The van der Waals surface area contributed by atoms with E-state index in [9.17, 15) is 14.7 Å². The summed E-state index contributed by atoms with van der Waals surface area (Å²) in [7, 11) is 0. The number of benzene rings is 1. The highest BCUT2D eigenvalue weighted by Crippen LogP contribution is 2.34. The Labute approximate surface area is 288 Å². The molecular weight excluding hydrogens is 627 g/mol. The summed E-state index contributed by atoms with van der Waals surface area (Å²) < 4.78 is 5.85. The van der Waals surface area contributed by atoms with Gasteiger partial charge < -0.3 is 30.1 Å². The molecule has 5 heterocycles. The molecular formula is C36H51N7O4S. The second-order valence-electron chi connectivity index (χ2n) is 14.6. The van der Waals surface area contributed by atoms with Crippen molar-refractivity contribution in [1.82, 2.24) is 30.6 Å². The third-order valence-corrected chi connectivity index (χ3v) is 11.5. The summed E-state index contributed by atoms with van der Waals surface area (Å²) in [4.78, 5) is 39.6. The average molecular weight is 678 g/mol. The highest BCUT2D eigenvalue weighted by Gasteiger charge is 2.43. The Morgan fingerprint density at radius 1 is 1.12 bits per heavy atom. The lowest BCUT2D eigenvalue weighted by Gasteiger charge is -2.42. The van der Waals surface area contributed by atoms with Gasteiger partial charge in [-0.3, -0.25) is 14.5 Å². The van der Waals surface area contributed by atoms with E-state index < -0.39 is 18.1 Å². The van der Waals surface area contributed by atoms with Gasteiger partial charge in [0, 0.05) is 51.8 Å². The molecule has 48 heavy (non-hydrogen) atoms. The van der Waals surface area contributed by atoms with Crippen LogP contribution in [0.25, 0.3) is 10.4 Å². The van der Waals surface area contributed by atoms with Crippen LogP contribution in [0.3, 0.4) is 0 Å². The molecule has 3 saturated heterocycles. The van der Waals surface area contributed by atoms with Crippen molar-refractivity contribution in [3.05, 3.63) is 52.9 Å². The summed E-state index contributed by atoms with van der Waals surface area (Å²) in [6, 6.07) is 8.96. The summed E-state index contributed by atoms with van der Waals surface area (Å²) >= 11 is 1.61. The number of aromatic nitrogens is 2. The minimum atomic E-state index is -0.775. The van der Waals surface area contributed by atoms with E-state index in [0.717, 1.165) is 73.3 Å². The molecule has 0 spiro atoms. The third kappa shape index (κ3) is 7.61. The van der Waals surface area contributed by atoms with Crippen molar-refractivity contribution in [3.8, 4) is 10.4 Å². The third-order valence-electron chi connectivity index (χ3n) is 10.5. The van der Waals surface area contributed by atoms with E-state index in [1.54, 1.807) is 11.3 Å². The van der Waals surface area contributed by atoms with Crippen LogP contribution >= 0.6 is 11.3 Å². The van der Waals surface area contributed by atoms with Gasteiger partial charge in [-0.15, -0.1) is 11.3 Å². The van der Waals surface area contributed by atoms with Crippen LogP contribution in [0.1, 0.15) is 75.9 Å². The smallest absolute Gasteiger partial charge is 0.243 e. The van der Waals surface area contributed by atoms with Gasteiger partial charge in [0.25, 0.3) is 0 Å². The average Bonchev–Trinajstić information content (AvgIpc) is 3.82. The van der Waals surface area contributed by atoms with Crippen LogP contribution in [0.2, 0.25) is 0 Å². The Morgan fingerprint density at radius 3 is 2.48 bits per heavy atom. The van der Waals surface area contributed by atoms with Crippen LogP contribution < -0.4 is 15.5 Å². The number of likely N-dealkylation sites (tertiary alicyclic amines) is 1. The fourth-order valence-electron chi connectivity index (χ4n) is 7.55. The molecule has 11 nitrogen and oxygen atoms in total. The van der Waals surface area contributed by atoms with Gasteiger partial charge in [-0.2, -0.15) is 0 Å². The Bertz CT molecular complexity index is 1540. The standard InChI is InChI=1S/C36H51N7O4S/c1-23(2)32(30-19-31(40-47-30)42-16-14-41(15-17-42)21-36(5)10-12-37-13-11-36)35(46)43-20-28(44)18-29(43)34(45)39-24(3)26-6-8-27(9-7-26)33-25(4)38-22-48-33/h6-9,19,22-24,28-29,32,37,44H,10-18,20-21H2,1-5H3,(H,39,45)/t24?,28-,29+,32?/m1/s1. The number of hydrogen-bond acceptors (Lipinski definition) is 10. The second kappa shape index (κ2) is 14.7. The molecule has 6 rings (SSSR count). The van der Waals surface area contributed by atoms with Crippen molar-refractivity contribution in [3.63, 3.8) is 0 Å². The zero-order valence-electron chi connectivity index (χ0n) is 28.9. The number of piperidine rings is 1. The summed E-state index contributed by atoms with van der Waals surface area (Å²) in [5, 5.41) is 21.6. The van der Waals surface area contributed by atoms with Gasteiger partial charge in [-0.25, -0.2) is 4.98 Å². The number of nitrogens with zero attached hydrogens (tertiary/aromatic N) is 5. The van der Waals surface area contributed by atoms with Gasteiger partial charge in [-0.1, -0.05) is 50.2 Å². The van der Waals surface area contributed by atoms with Crippen molar-refractivity contribution in [2.75, 3.05) is 57.3 Å². The summed E-state index contributed by atoms with van der Waals surface area (Å²) in [5.74, 6) is 0.0420. The number of amides is 2. The van der Waals surface area contributed by atoms with Crippen molar-refractivity contribution >= 4 is 29.0 Å². The maximum absolute atomic E-state index is 14.1. The lowest BCUT2D eigenvalue weighted by molar-refractivity contribution is -0.141. The molecule has 3 aliphatic heterocycles. The van der Waals surface area contributed by atoms with E-state index >= 15 is 0 Å². The van der Waals surface area contributed by atoms with Gasteiger partial charge in [-0.05, 0) is 62.2 Å². The number of aliphatic hydroxyl groups excluding tert-OH is 1. The number of carbonyl (C=O) groups excluding carboxylic acids is 2. The quantitative estimate of drug-likeness (QED) is 0.290. The number of anilines is 1. The first kappa shape index (κ1) is 34.5. The first-order valence-electron chi connectivity index (χ1n) is 17.5. The molecule has 0 saturated carbocycles. The molecule has 3 fully saturated rings. The van der Waals surface area contributed by atoms with E-state index in [4.69, 9.17) is 4.52 Å². The second-order valence-corrected chi connectivity index (χ2v) is 15.5. The summed E-state index contributed by atoms with van der Waals surface area (Å²) in [6.07, 6.45) is 1.84. The minimum absolute atomic E-state index is 0.0954. The molecule has 2 unspecified atom stereocenters. The van der Waals surface area contributed by atoms with Crippen molar-refractivity contribution in [1.29, 1.82) is 0 Å². The number of β-amino-alcohol motifs (C(OH)–C–C–N with tert-alkyl or cyclic N) is 1. The van der Waals surface area contributed by atoms with Gasteiger partial charge in [0.2, 0.25) is 11.8 Å². The zero-order valence-corrected chi connectivity index (χ0v) is 29.8. The van der Waals surface area contributed by atoms with E-state index in [2.05, 4.69) is 37.5 Å². The Morgan fingerprint density at radius 2 is 1.83 bits per heavy atom. The number of aryl methyl sites for hydroxylation is 1. The SMILES string of the molecule is Cc1ncsc1-c1ccc(C(C)NC(=O)[C@@H]2C[C@@H](O)CN2C(=O)C(c2cc(N3CCN(CC4(C)CCNCC4)CC3)no2)C(C)C)cc1. The molecule has 2 aromatic heterocycles. The minimum Gasteiger partial charge on any atom is -0.391 e. The number of rotatable bonds is 10. The monoisotopic (exact) mass is 677 g/mol. The summed E-state index contributed by atoms with van der Waals surface area (Å²) in [5.41, 5.74) is 5.25. The van der Waals surface area contributed by atoms with E-state index in [0.29, 0.717) is 11.2 Å². The molecule has 3 aromatic rings. The van der Waals surface area contributed by atoms with E-state index in [1.807, 2.05) is 63.5 Å². The van der Waals surface area contributed by atoms with Gasteiger partial charge in [0.15, 0.2) is 11.6 Å². The number of piperazine rings is 1. The molecule has 260 valence electrons. The lowest BCUT2D eigenvalue weighted by atomic mass is 9.80. The maximum Gasteiger partial charge on any atom is 0.243 e. The van der Waals surface area contributed by atoms with Crippen LogP contribution in [0.4, 0.5) is 5.82 Å². The molecule has 2 amide bonds. The predicted molar refractivity (Wildman–Crippen MR) is 188 cm³/mol. The van der Waals surface area contributed by atoms with Crippen molar-refractivity contribution in [2.45, 2.75) is 78.0 Å². The summed E-state index contributed by atoms with van der Waals surface area (Å²) in [6.45, 7) is 17.3. The molecule has 0 aliphatic carbocycles. The maximum atomic E-state index is 14.1. The molecule has 0 bridgehead atoms. The fraction of sp³-hybridized carbons (Fsp3) is 0.611. The Balaban J connectivity index is 1.08. The molecule has 4 atom stereocenters. The largest absolute Gasteiger partial charge is 0.391 e. The first-order chi connectivity index (χ1) is 23.0. The zero-order chi connectivity index (χ0) is 34.0. The van der Waals surface area contributed by atoms with Gasteiger partial charge in [0.1, 0.15) is 12.0 Å². The number of hydrogen-bond donors (Lipinski definition) is 3. The van der Waals surface area contributed by atoms with Crippen LogP contribution in [0.5, 0.6) is 0 Å². The van der Waals surface area contributed by atoms with Crippen molar-refractivity contribution < 1.29 is 19.2 Å². The number of nitrogens with one attached hydrogen (secondary N) is 2. The number of aliphatic hydroxyl groups is 1. The molecule has 0 radical (unpaired) electrons. The van der Waals surface area contributed by atoms with Crippen LogP contribution in [-0.2, 0) is 9.59 Å². The molecule has 3 N–H and O–H groups in total. The Kier molecular flexibility index (Phi) is 10.5. The van der Waals surface area contributed by atoms with Crippen LogP contribution in [0, 0.1) is 18.3 Å². The normalized spacial score (nSPS) is 23.0. The van der Waals surface area contributed by atoms with Crippen LogP contribution in [0.15, 0.2) is 40.4 Å². The van der Waals surface area contributed by atoms with Crippen molar-refractivity contribution in [2.24, 2.45) is 11.3 Å². The van der Waals surface area contributed by atoms with E-state index in [1.165, 1.54) is 17.7 Å². The topological polar surface area (TPSA) is 127 Å². The highest BCUT2D eigenvalue weighted by atomic mass is 32.1. The first-order valence-corrected chi connectivity index (χ1v) is 18.3. The molecule has 3 aliphatic rings. The van der Waals surface area contributed by atoms with Crippen LogP contribution in [-0.4, -0.2) is 101 Å². The molecule has 12 heteroatoms. The molecule has 1 aromatic carbocycles.